The van der Waals surface area contributed by atoms with Crippen molar-refractivity contribution >= 4 is 11.3 Å². The van der Waals surface area contributed by atoms with Crippen LogP contribution < -0.4 is 5.73 Å². The third kappa shape index (κ3) is 1.43. The fraction of sp³-hybridized carbons (Fsp3) is 0.385. The Bertz CT molecular complexity index is 375. The molecule has 0 heterocycles. The molecule has 14 heavy (non-hydrogen) atoms. The molecule has 1 aliphatic rings. The molecule has 2 N–H and O–H groups in total. The maximum Gasteiger partial charge on any atom is 0.0390 e. The van der Waals surface area contributed by atoms with Gasteiger partial charge in [0.2, 0.25) is 0 Å². The predicted octanol–water partition coefficient (Wildman–Crippen LogP) is 3.47. The highest BCUT2D eigenvalue weighted by atomic mass is 14.6. The first-order chi connectivity index (χ1) is 6.61. The molecule has 1 nitrogen and oxygen atoms in total. The Labute approximate surface area is 85.6 Å². The molecular formula is C13H17N. The van der Waals surface area contributed by atoms with E-state index < -0.39 is 0 Å². The zero-order valence-electron chi connectivity index (χ0n) is 8.88. The van der Waals surface area contributed by atoms with Gasteiger partial charge in [-0.25, -0.2) is 0 Å². The lowest BCUT2D eigenvalue weighted by Crippen LogP contribution is -2.10. The molecular weight excluding hydrogens is 170 g/mol. The van der Waals surface area contributed by atoms with Gasteiger partial charge in [0.05, 0.1) is 0 Å². The second-order valence-corrected chi connectivity index (χ2v) is 4.63. The average molecular weight is 187 g/mol. The number of anilines is 1. The lowest BCUT2D eigenvalue weighted by Gasteiger charge is -2.23. The fourth-order valence-electron chi connectivity index (χ4n) is 2.21. The highest BCUT2D eigenvalue weighted by molar-refractivity contribution is 5.79. The normalized spacial score (nSPS) is 19.4. The van der Waals surface area contributed by atoms with Gasteiger partial charge in [0.1, 0.15) is 0 Å². The van der Waals surface area contributed by atoms with E-state index in [-0.39, 0.29) is 5.41 Å². The molecule has 0 aliphatic heterocycles. The molecule has 0 fully saturated rings. The Morgan fingerprint density at radius 2 is 1.93 bits per heavy atom. The van der Waals surface area contributed by atoms with Crippen LogP contribution in [-0.2, 0) is 0 Å². The molecule has 1 aromatic rings. The zero-order chi connectivity index (χ0) is 10.2. The molecule has 0 spiro atoms. The monoisotopic (exact) mass is 187 g/mol. The van der Waals surface area contributed by atoms with Crippen molar-refractivity contribution in [3.63, 3.8) is 0 Å². The molecule has 0 bridgehead atoms. The summed E-state index contributed by atoms with van der Waals surface area (Å²) in [5.41, 5.74) is 9.79. The molecule has 1 aliphatic carbocycles. The summed E-state index contributed by atoms with van der Waals surface area (Å²) in [6.07, 6.45) is 4.74. The lowest BCUT2D eigenvalue weighted by atomic mass is 9.81. The van der Waals surface area contributed by atoms with E-state index in [1.54, 1.807) is 0 Å². The van der Waals surface area contributed by atoms with E-state index in [9.17, 15) is 0 Å². The van der Waals surface area contributed by atoms with Gasteiger partial charge in [-0.2, -0.15) is 0 Å². The van der Waals surface area contributed by atoms with E-state index in [1.807, 2.05) is 12.1 Å². The summed E-state index contributed by atoms with van der Waals surface area (Å²) in [5.74, 6) is 0. The molecule has 0 atom stereocenters. The van der Waals surface area contributed by atoms with Gasteiger partial charge in [0, 0.05) is 11.3 Å². The van der Waals surface area contributed by atoms with Crippen LogP contribution in [0.1, 0.15) is 32.3 Å². The van der Waals surface area contributed by atoms with Crippen LogP contribution in [0.4, 0.5) is 5.69 Å². The standard InChI is InChI=1S/C13H17N/c1-13(2)9-5-7-11(13)10-6-3-4-8-12(10)14/h3-4,6-8H,5,9,14H2,1-2H3. The Balaban J connectivity index is 2.46. The van der Waals surface area contributed by atoms with Crippen molar-refractivity contribution in [2.75, 3.05) is 5.73 Å². The van der Waals surface area contributed by atoms with Crippen LogP contribution in [-0.4, -0.2) is 0 Å². The maximum atomic E-state index is 5.98. The summed E-state index contributed by atoms with van der Waals surface area (Å²) >= 11 is 0. The molecule has 0 aromatic heterocycles. The third-order valence-electron chi connectivity index (χ3n) is 3.10. The van der Waals surface area contributed by atoms with Crippen LogP contribution in [0.3, 0.4) is 0 Å². The summed E-state index contributed by atoms with van der Waals surface area (Å²) in [6, 6.07) is 8.14. The fourth-order valence-corrected chi connectivity index (χ4v) is 2.21. The van der Waals surface area contributed by atoms with E-state index in [0.717, 1.165) is 5.69 Å². The van der Waals surface area contributed by atoms with Crippen LogP contribution in [0.2, 0.25) is 0 Å². The second kappa shape index (κ2) is 3.16. The van der Waals surface area contributed by atoms with Gasteiger partial charge in [-0.05, 0) is 29.9 Å². The number of allylic oxidation sites excluding steroid dienone is 2. The number of nitrogen functional groups attached to an aromatic ring is 1. The predicted molar refractivity (Wildman–Crippen MR) is 61.8 cm³/mol. The SMILES string of the molecule is CC1(C)CCC=C1c1ccccc1N. The van der Waals surface area contributed by atoms with Crippen molar-refractivity contribution in [1.29, 1.82) is 0 Å². The summed E-state index contributed by atoms with van der Waals surface area (Å²) < 4.78 is 0. The molecule has 0 radical (unpaired) electrons. The van der Waals surface area contributed by atoms with Crippen LogP contribution >= 0.6 is 0 Å². The van der Waals surface area contributed by atoms with Crippen molar-refractivity contribution in [3.8, 4) is 0 Å². The van der Waals surface area contributed by atoms with Crippen molar-refractivity contribution < 1.29 is 0 Å². The van der Waals surface area contributed by atoms with E-state index in [0.29, 0.717) is 0 Å². The number of benzene rings is 1. The summed E-state index contributed by atoms with van der Waals surface area (Å²) in [7, 11) is 0. The quantitative estimate of drug-likeness (QED) is 0.669. The van der Waals surface area contributed by atoms with E-state index in [4.69, 9.17) is 5.73 Å². The summed E-state index contributed by atoms with van der Waals surface area (Å²) in [5, 5.41) is 0. The number of nitrogens with two attached hydrogens (primary N) is 1. The molecule has 2 rings (SSSR count). The largest absolute Gasteiger partial charge is 0.398 e. The molecule has 1 aromatic carbocycles. The summed E-state index contributed by atoms with van der Waals surface area (Å²) in [4.78, 5) is 0. The van der Waals surface area contributed by atoms with Gasteiger partial charge in [-0.3, -0.25) is 0 Å². The number of hydrogen-bond acceptors (Lipinski definition) is 1. The maximum absolute atomic E-state index is 5.98. The van der Waals surface area contributed by atoms with E-state index in [2.05, 4.69) is 32.1 Å². The van der Waals surface area contributed by atoms with Crippen molar-refractivity contribution in [1.82, 2.24) is 0 Å². The van der Waals surface area contributed by atoms with Gasteiger partial charge in [-0.15, -0.1) is 0 Å². The molecule has 1 heteroatoms. The van der Waals surface area contributed by atoms with Gasteiger partial charge in [-0.1, -0.05) is 38.1 Å². The van der Waals surface area contributed by atoms with Crippen LogP contribution in [0.5, 0.6) is 0 Å². The molecule has 74 valence electrons. The minimum atomic E-state index is 0.287. The van der Waals surface area contributed by atoms with Crippen molar-refractivity contribution in [2.45, 2.75) is 26.7 Å². The zero-order valence-corrected chi connectivity index (χ0v) is 8.88. The van der Waals surface area contributed by atoms with Crippen LogP contribution in [0, 0.1) is 5.41 Å². The first-order valence-corrected chi connectivity index (χ1v) is 5.17. The van der Waals surface area contributed by atoms with E-state index in [1.165, 1.54) is 24.0 Å². The Morgan fingerprint density at radius 3 is 2.50 bits per heavy atom. The van der Waals surface area contributed by atoms with Crippen LogP contribution in [0.15, 0.2) is 30.3 Å². The number of para-hydroxylation sites is 1. The molecule has 0 saturated heterocycles. The first kappa shape index (κ1) is 9.32. The first-order valence-electron chi connectivity index (χ1n) is 5.17. The topological polar surface area (TPSA) is 26.0 Å². The van der Waals surface area contributed by atoms with Gasteiger partial charge in [0.15, 0.2) is 0 Å². The van der Waals surface area contributed by atoms with Crippen molar-refractivity contribution in [3.05, 3.63) is 35.9 Å². The number of rotatable bonds is 1. The molecule has 0 amide bonds. The smallest absolute Gasteiger partial charge is 0.0390 e. The minimum absolute atomic E-state index is 0.287. The highest BCUT2D eigenvalue weighted by Gasteiger charge is 2.28. The van der Waals surface area contributed by atoms with E-state index >= 15 is 0 Å². The lowest BCUT2D eigenvalue weighted by molar-refractivity contribution is 0.487. The Kier molecular flexibility index (Phi) is 2.10. The van der Waals surface area contributed by atoms with Crippen molar-refractivity contribution in [2.24, 2.45) is 5.41 Å². The average Bonchev–Trinajstić information content (AvgIpc) is 2.46. The number of hydrogen-bond donors (Lipinski definition) is 1. The van der Waals surface area contributed by atoms with Gasteiger partial charge < -0.3 is 5.73 Å². The Morgan fingerprint density at radius 1 is 1.21 bits per heavy atom. The van der Waals surface area contributed by atoms with Gasteiger partial charge >= 0.3 is 0 Å². The molecule has 0 saturated carbocycles. The third-order valence-corrected chi connectivity index (χ3v) is 3.10. The highest BCUT2D eigenvalue weighted by Crippen LogP contribution is 2.45. The second-order valence-electron chi connectivity index (χ2n) is 4.63. The summed E-state index contributed by atoms with van der Waals surface area (Å²) in [6.45, 7) is 4.58. The van der Waals surface area contributed by atoms with Gasteiger partial charge in [0.25, 0.3) is 0 Å². The minimum Gasteiger partial charge on any atom is -0.398 e. The Hall–Kier alpha value is -1.24. The van der Waals surface area contributed by atoms with Crippen LogP contribution in [0.25, 0.3) is 5.57 Å². The molecule has 0 unspecified atom stereocenters.